The van der Waals surface area contributed by atoms with Gasteiger partial charge in [0.15, 0.2) is 0 Å². The Kier molecular flexibility index (Phi) is 9.42. The van der Waals surface area contributed by atoms with Crippen LogP contribution in [0.4, 0.5) is 0 Å². The molecule has 0 heterocycles. The lowest BCUT2D eigenvalue weighted by atomic mass is 10.0. The van der Waals surface area contributed by atoms with Gasteiger partial charge in [-0.1, -0.05) is 20.3 Å². The second kappa shape index (κ2) is 9.47. The van der Waals surface area contributed by atoms with Crippen LogP contribution in [0.5, 0.6) is 0 Å². The molecule has 2 atom stereocenters. The standard InChI is InChI=1S/C12H27NO/c1-5-7-12(13-10-6-2)9-8-11(3)14-4/h11-13H,5-10H2,1-4H3. The van der Waals surface area contributed by atoms with Crippen LogP contribution in [0, 0.1) is 0 Å². The monoisotopic (exact) mass is 201 g/mol. The first kappa shape index (κ1) is 13.9. The number of hydrogen-bond donors (Lipinski definition) is 1. The highest BCUT2D eigenvalue weighted by Gasteiger charge is 2.08. The Morgan fingerprint density at radius 3 is 2.29 bits per heavy atom. The van der Waals surface area contributed by atoms with E-state index in [1.54, 1.807) is 7.11 Å². The van der Waals surface area contributed by atoms with Crippen LogP contribution in [0.2, 0.25) is 0 Å². The minimum Gasteiger partial charge on any atom is -0.382 e. The van der Waals surface area contributed by atoms with E-state index in [0.29, 0.717) is 12.1 Å². The van der Waals surface area contributed by atoms with Crippen LogP contribution in [-0.2, 0) is 4.74 Å². The molecular weight excluding hydrogens is 174 g/mol. The lowest BCUT2D eigenvalue weighted by molar-refractivity contribution is 0.105. The van der Waals surface area contributed by atoms with Gasteiger partial charge in [0.25, 0.3) is 0 Å². The Balaban J connectivity index is 3.60. The van der Waals surface area contributed by atoms with Crippen molar-refractivity contribution in [1.29, 1.82) is 0 Å². The van der Waals surface area contributed by atoms with Crippen molar-refractivity contribution in [3.8, 4) is 0 Å². The highest BCUT2D eigenvalue weighted by molar-refractivity contribution is 4.67. The summed E-state index contributed by atoms with van der Waals surface area (Å²) in [6, 6.07) is 0.692. The van der Waals surface area contributed by atoms with Crippen molar-refractivity contribution in [2.45, 2.75) is 65.0 Å². The van der Waals surface area contributed by atoms with Crippen LogP contribution in [0.15, 0.2) is 0 Å². The van der Waals surface area contributed by atoms with E-state index < -0.39 is 0 Å². The van der Waals surface area contributed by atoms with Crippen molar-refractivity contribution < 1.29 is 4.74 Å². The fourth-order valence-corrected chi connectivity index (χ4v) is 1.60. The molecule has 0 aliphatic heterocycles. The van der Waals surface area contributed by atoms with Gasteiger partial charge in [-0.3, -0.25) is 0 Å². The number of hydrogen-bond acceptors (Lipinski definition) is 2. The zero-order valence-electron chi connectivity index (χ0n) is 10.3. The average Bonchev–Trinajstić information content (AvgIpc) is 2.21. The van der Waals surface area contributed by atoms with Gasteiger partial charge in [0, 0.05) is 13.2 Å². The van der Waals surface area contributed by atoms with Gasteiger partial charge >= 0.3 is 0 Å². The van der Waals surface area contributed by atoms with Gasteiger partial charge in [0.1, 0.15) is 0 Å². The van der Waals surface area contributed by atoms with Crippen LogP contribution in [0.3, 0.4) is 0 Å². The molecule has 0 spiro atoms. The fourth-order valence-electron chi connectivity index (χ4n) is 1.60. The number of ether oxygens (including phenoxy) is 1. The molecule has 0 rings (SSSR count). The van der Waals surface area contributed by atoms with Gasteiger partial charge < -0.3 is 10.1 Å². The quantitative estimate of drug-likeness (QED) is 0.619. The fraction of sp³-hybridized carbons (Fsp3) is 1.00. The highest BCUT2D eigenvalue weighted by atomic mass is 16.5. The van der Waals surface area contributed by atoms with Gasteiger partial charge in [0.2, 0.25) is 0 Å². The molecule has 86 valence electrons. The normalized spacial score (nSPS) is 15.4. The van der Waals surface area contributed by atoms with Crippen LogP contribution >= 0.6 is 0 Å². The molecule has 2 nitrogen and oxygen atoms in total. The summed E-state index contributed by atoms with van der Waals surface area (Å²) in [6.07, 6.45) is 6.58. The molecule has 0 amide bonds. The summed E-state index contributed by atoms with van der Waals surface area (Å²) in [5.74, 6) is 0. The molecular formula is C12H27NO. The van der Waals surface area contributed by atoms with Crippen molar-refractivity contribution in [1.82, 2.24) is 5.32 Å². The maximum absolute atomic E-state index is 5.26. The summed E-state index contributed by atoms with van der Waals surface area (Å²) in [5, 5.41) is 3.59. The summed E-state index contributed by atoms with van der Waals surface area (Å²) in [6.45, 7) is 7.75. The van der Waals surface area contributed by atoms with E-state index in [9.17, 15) is 0 Å². The number of nitrogens with one attached hydrogen (secondary N) is 1. The second-order valence-electron chi connectivity index (χ2n) is 4.06. The van der Waals surface area contributed by atoms with E-state index in [1.165, 1.54) is 25.7 Å². The summed E-state index contributed by atoms with van der Waals surface area (Å²) in [5.41, 5.74) is 0. The molecule has 0 aromatic rings. The first-order chi connectivity index (χ1) is 6.74. The van der Waals surface area contributed by atoms with E-state index in [-0.39, 0.29) is 0 Å². The van der Waals surface area contributed by atoms with Crippen LogP contribution < -0.4 is 5.32 Å². The minimum absolute atomic E-state index is 0.401. The molecule has 0 saturated heterocycles. The van der Waals surface area contributed by atoms with Crippen molar-refractivity contribution in [2.24, 2.45) is 0 Å². The molecule has 0 saturated carbocycles. The summed E-state index contributed by atoms with van der Waals surface area (Å²) < 4.78 is 5.26. The maximum Gasteiger partial charge on any atom is 0.0543 e. The molecule has 1 N–H and O–H groups in total. The third kappa shape index (κ3) is 7.34. The molecule has 0 aromatic carbocycles. The summed E-state index contributed by atoms with van der Waals surface area (Å²) >= 11 is 0. The first-order valence-corrected chi connectivity index (χ1v) is 6.00. The number of methoxy groups -OCH3 is 1. The van der Waals surface area contributed by atoms with Crippen molar-refractivity contribution >= 4 is 0 Å². The third-order valence-electron chi connectivity index (χ3n) is 2.64. The zero-order valence-corrected chi connectivity index (χ0v) is 10.3. The van der Waals surface area contributed by atoms with Gasteiger partial charge in [-0.2, -0.15) is 0 Å². The molecule has 0 bridgehead atoms. The van der Waals surface area contributed by atoms with Gasteiger partial charge in [-0.15, -0.1) is 0 Å². The maximum atomic E-state index is 5.26. The van der Waals surface area contributed by atoms with Crippen LogP contribution in [0.25, 0.3) is 0 Å². The largest absolute Gasteiger partial charge is 0.382 e. The second-order valence-corrected chi connectivity index (χ2v) is 4.06. The first-order valence-electron chi connectivity index (χ1n) is 6.00. The Hall–Kier alpha value is -0.0800. The van der Waals surface area contributed by atoms with Crippen LogP contribution in [-0.4, -0.2) is 25.8 Å². The van der Waals surface area contributed by atoms with E-state index >= 15 is 0 Å². The summed E-state index contributed by atoms with van der Waals surface area (Å²) in [4.78, 5) is 0. The molecule has 0 aromatic heterocycles. The SMILES string of the molecule is CCCNC(CCC)CCC(C)OC. The Morgan fingerprint density at radius 2 is 1.79 bits per heavy atom. The van der Waals surface area contributed by atoms with Crippen molar-refractivity contribution in [3.05, 3.63) is 0 Å². The summed E-state index contributed by atoms with van der Waals surface area (Å²) in [7, 11) is 1.79. The third-order valence-corrected chi connectivity index (χ3v) is 2.64. The predicted molar refractivity (Wildman–Crippen MR) is 62.7 cm³/mol. The van der Waals surface area contributed by atoms with Gasteiger partial charge in [0.05, 0.1) is 6.10 Å². The molecule has 0 aliphatic rings. The average molecular weight is 201 g/mol. The highest BCUT2D eigenvalue weighted by Crippen LogP contribution is 2.08. The van der Waals surface area contributed by atoms with E-state index in [0.717, 1.165) is 13.0 Å². The van der Waals surface area contributed by atoms with Gasteiger partial charge in [-0.25, -0.2) is 0 Å². The molecule has 0 radical (unpaired) electrons. The van der Waals surface area contributed by atoms with E-state index in [4.69, 9.17) is 4.74 Å². The zero-order chi connectivity index (χ0) is 10.8. The van der Waals surface area contributed by atoms with E-state index in [1.807, 2.05) is 0 Å². The van der Waals surface area contributed by atoms with E-state index in [2.05, 4.69) is 26.1 Å². The van der Waals surface area contributed by atoms with Crippen molar-refractivity contribution in [3.63, 3.8) is 0 Å². The molecule has 2 unspecified atom stereocenters. The Labute approximate surface area is 89.4 Å². The topological polar surface area (TPSA) is 21.3 Å². The number of rotatable bonds is 9. The molecule has 0 aliphatic carbocycles. The lowest BCUT2D eigenvalue weighted by Crippen LogP contribution is -2.30. The predicted octanol–water partition coefficient (Wildman–Crippen LogP) is 2.97. The van der Waals surface area contributed by atoms with Gasteiger partial charge in [-0.05, 0) is 39.2 Å². The smallest absolute Gasteiger partial charge is 0.0543 e. The molecule has 2 heteroatoms. The molecule has 0 fully saturated rings. The minimum atomic E-state index is 0.401. The molecule has 14 heavy (non-hydrogen) atoms. The Morgan fingerprint density at radius 1 is 1.07 bits per heavy atom. The Bertz CT molecular complexity index is 117. The van der Waals surface area contributed by atoms with Crippen molar-refractivity contribution in [2.75, 3.05) is 13.7 Å². The lowest BCUT2D eigenvalue weighted by Gasteiger charge is -2.19. The van der Waals surface area contributed by atoms with Crippen LogP contribution in [0.1, 0.15) is 52.9 Å².